The minimum absolute atomic E-state index is 0.00939. The minimum Gasteiger partial charge on any atom is -0.317 e. The number of amides is 1. The summed E-state index contributed by atoms with van der Waals surface area (Å²) < 4.78 is 28.7. The first-order valence-corrected chi connectivity index (χ1v) is 12.5. The second-order valence-corrected chi connectivity index (χ2v) is 10.5. The van der Waals surface area contributed by atoms with Crippen LogP contribution < -0.4 is 0 Å². The predicted octanol–water partition coefficient (Wildman–Crippen LogP) is 3.40. The number of rotatable bonds is 5. The highest BCUT2D eigenvalue weighted by Gasteiger charge is 2.47. The quantitative estimate of drug-likeness (QED) is 0.714. The molecule has 0 aromatic heterocycles. The summed E-state index contributed by atoms with van der Waals surface area (Å²) in [5, 5.41) is 0. The van der Waals surface area contributed by atoms with Crippen molar-refractivity contribution >= 4 is 15.9 Å². The Hall–Kier alpha value is -2.22. The van der Waals surface area contributed by atoms with Crippen molar-refractivity contribution in [3.63, 3.8) is 0 Å². The van der Waals surface area contributed by atoms with Gasteiger partial charge >= 0.3 is 0 Å². The summed E-state index contributed by atoms with van der Waals surface area (Å²) in [7, 11) is -3.76. The van der Waals surface area contributed by atoms with Gasteiger partial charge < -0.3 is 4.90 Å². The molecule has 2 aliphatic heterocycles. The summed E-state index contributed by atoms with van der Waals surface area (Å²) in [6, 6.07) is 16.2. The molecule has 2 atom stereocenters. The van der Waals surface area contributed by atoms with Crippen molar-refractivity contribution < 1.29 is 13.2 Å². The van der Waals surface area contributed by atoms with Gasteiger partial charge in [0, 0.05) is 12.6 Å². The number of benzene rings is 2. The number of hydrogen-bond acceptors (Lipinski definition) is 4. The van der Waals surface area contributed by atoms with Crippen molar-refractivity contribution in [2.45, 2.75) is 50.2 Å². The van der Waals surface area contributed by atoms with Gasteiger partial charge in [0.25, 0.3) is 0 Å². The molecule has 2 saturated heterocycles. The van der Waals surface area contributed by atoms with Gasteiger partial charge in [0.15, 0.2) is 0 Å². The molecule has 31 heavy (non-hydrogen) atoms. The number of likely N-dealkylation sites (tertiary alicyclic amines) is 1. The van der Waals surface area contributed by atoms with Crippen molar-refractivity contribution in [2.24, 2.45) is 0 Å². The number of sulfonamides is 1. The smallest absolute Gasteiger partial charge is 0.245 e. The van der Waals surface area contributed by atoms with Crippen molar-refractivity contribution in [1.29, 1.82) is 0 Å². The minimum atomic E-state index is -3.76. The summed E-state index contributed by atoms with van der Waals surface area (Å²) in [6.07, 6.45) is 2.79. The Bertz CT molecular complexity index is 1000. The summed E-state index contributed by atoms with van der Waals surface area (Å²) in [4.78, 5) is 17.7. The van der Waals surface area contributed by atoms with Gasteiger partial charge in [0.2, 0.25) is 15.9 Å². The molecule has 0 unspecified atom stereocenters. The van der Waals surface area contributed by atoms with Gasteiger partial charge in [0.1, 0.15) is 6.17 Å². The maximum absolute atomic E-state index is 13.6. The summed E-state index contributed by atoms with van der Waals surface area (Å²) in [5.41, 5.74) is 1.82. The van der Waals surface area contributed by atoms with Crippen LogP contribution in [0.5, 0.6) is 0 Å². The molecule has 7 heteroatoms. The fraction of sp³-hybridized carbons (Fsp3) is 0.458. The van der Waals surface area contributed by atoms with Crippen molar-refractivity contribution in [2.75, 3.05) is 26.2 Å². The van der Waals surface area contributed by atoms with Gasteiger partial charge in [-0.2, -0.15) is 4.31 Å². The normalized spacial score (nSPS) is 23.2. The molecule has 2 aromatic rings. The summed E-state index contributed by atoms with van der Waals surface area (Å²) in [5.74, 6) is -0.00939. The van der Waals surface area contributed by atoms with Crippen LogP contribution in [-0.4, -0.2) is 60.7 Å². The number of carbonyl (C=O) groups is 1. The lowest BCUT2D eigenvalue weighted by Gasteiger charge is -2.34. The molecule has 0 bridgehead atoms. The lowest BCUT2D eigenvalue weighted by molar-refractivity contribution is -0.136. The van der Waals surface area contributed by atoms with Crippen LogP contribution in [0.15, 0.2) is 59.5 Å². The molecule has 0 radical (unpaired) electrons. The molecule has 0 spiro atoms. The average molecular weight is 442 g/mol. The van der Waals surface area contributed by atoms with Crippen LogP contribution in [0, 0.1) is 6.92 Å². The van der Waals surface area contributed by atoms with Gasteiger partial charge in [-0.15, -0.1) is 0 Å². The van der Waals surface area contributed by atoms with Gasteiger partial charge in [-0.25, -0.2) is 8.42 Å². The first-order chi connectivity index (χ1) is 14.9. The fourth-order valence-electron chi connectivity index (χ4n) is 4.63. The Morgan fingerprint density at radius 1 is 0.968 bits per heavy atom. The molecule has 2 heterocycles. The van der Waals surface area contributed by atoms with E-state index in [0.717, 1.165) is 37.1 Å². The van der Waals surface area contributed by atoms with Crippen LogP contribution >= 0.6 is 0 Å². The van der Waals surface area contributed by atoms with Gasteiger partial charge in [-0.3, -0.25) is 9.69 Å². The third-order valence-electron chi connectivity index (χ3n) is 6.28. The number of hydrogen-bond donors (Lipinski definition) is 0. The second kappa shape index (κ2) is 9.10. The predicted molar refractivity (Wildman–Crippen MR) is 121 cm³/mol. The fourth-order valence-corrected chi connectivity index (χ4v) is 6.28. The third kappa shape index (κ3) is 4.54. The second-order valence-electron chi connectivity index (χ2n) is 8.66. The van der Waals surface area contributed by atoms with E-state index in [-0.39, 0.29) is 23.4 Å². The first kappa shape index (κ1) is 22.0. The van der Waals surface area contributed by atoms with Gasteiger partial charge in [-0.1, -0.05) is 54.4 Å². The standard InChI is InChI=1S/C24H31N3O3S/c1-19-11-13-22(14-12-19)31(29,30)26-17-20(2)27(24(26)21-9-5-3-6-10-21)23(28)18-25-15-7-4-8-16-25/h3,5-6,9-14,20,24H,4,7-8,15-18H2,1-2H3/t20-,24+/m0/s1. The SMILES string of the molecule is Cc1ccc(S(=O)(=O)N2C[C@H](C)N(C(=O)CN3CCCCC3)[C@@H]2c2ccccc2)cc1. The van der Waals surface area contributed by atoms with Crippen LogP contribution in [-0.2, 0) is 14.8 Å². The molecular weight excluding hydrogens is 410 g/mol. The Morgan fingerprint density at radius 2 is 1.61 bits per heavy atom. The van der Waals surface area contributed by atoms with Crippen molar-refractivity contribution in [1.82, 2.24) is 14.1 Å². The molecule has 1 amide bonds. The monoisotopic (exact) mass is 441 g/mol. The molecular formula is C24H31N3O3S. The summed E-state index contributed by atoms with van der Waals surface area (Å²) in [6.45, 7) is 6.34. The molecule has 2 fully saturated rings. The maximum atomic E-state index is 13.6. The van der Waals surface area contributed by atoms with E-state index in [1.165, 1.54) is 10.7 Å². The molecule has 2 aliphatic rings. The van der Waals surface area contributed by atoms with Crippen LogP contribution in [0.25, 0.3) is 0 Å². The average Bonchev–Trinajstić information content (AvgIpc) is 3.13. The molecule has 2 aromatic carbocycles. The van der Waals surface area contributed by atoms with E-state index in [0.29, 0.717) is 6.54 Å². The zero-order valence-corrected chi connectivity index (χ0v) is 19.1. The number of piperidine rings is 1. The Balaban J connectivity index is 1.68. The largest absolute Gasteiger partial charge is 0.317 e. The highest BCUT2D eigenvalue weighted by molar-refractivity contribution is 7.89. The lowest BCUT2D eigenvalue weighted by atomic mass is 10.1. The van der Waals surface area contributed by atoms with Crippen LogP contribution in [0.2, 0.25) is 0 Å². The highest BCUT2D eigenvalue weighted by Crippen LogP contribution is 2.38. The van der Waals surface area contributed by atoms with Crippen molar-refractivity contribution in [3.05, 3.63) is 65.7 Å². The van der Waals surface area contributed by atoms with E-state index in [4.69, 9.17) is 0 Å². The zero-order valence-electron chi connectivity index (χ0n) is 18.3. The van der Waals surface area contributed by atoms with Crippen molar-refractivity contribution in [3.8, 4) is 0 Å². The number of carbonyl (C=O) groups excluding carboxylic acids is 1. The highest BCUT2D eigenvalue weighted by atomic mass is 32.2. The van der Waals surface area contributed by atoms with Crippen LogP contribution in [0.1, 0.15) is 43.5 Å². The van der Waals surface area contributed by atoms with E-state index < -0.39 is 16.2 Å². The van der Waals surface area contributed by atoms with Crippen LogP contribution in [0.4, 0.5) is 0 Å². The van der Waals surface area contributed by atoms with E-state index in [9.17, 15) is 13.2 Å². The third-order valence-corrected chi connectivity index (χ3v) is 8.11. The number of aryl methyl sites for hydroxylation is 1. The molecule has 0 aliphatic carbocycles. The summed E-state index contributed by atoms with van der Waals surface area (Å²) >= 11 is 0. The maximum Gasteiger partial charge on any atom is 0.245 e. The van der Waals surface area contributed by atoms with E-state index in [1.54, 1.807) is 17.0 Å². The molecule has 0 N–H and O–H groups in total. The Kier molecular flexibility index (Phi) is 6.46. The molecule has 0 saturated carbocycles. The van der Waals surface area contributed by atoms with Gasteiger partial charge in [0.05, 0.1) is 11.4 Å². The van der Waals surface area contributed by atoms with E-state index in [1.807, 2.05) is 56.3 Å². The topological polar surface area (TPSA) is 60.9 Å². The molecule has 6 nitrogen and oxygen atoms in total. The molecule has 4 rings (SSSR count). The Morgan fingerprint density at radius 3 is 2.26 bits per heavy atom. The van der Waals surface area contributed by atoms with Gasteiger partial charge in [-0.05, 0) is 57.5 Å². The number of nitrogens with zero attached hydrogens (tertiary/aromatic N) is 3. The van der Waals surface area contributed by atoms with E-state index >= 15 is 0 Å². The zero-order chi connectivity index (χ0) is 22.0. The van der Waals surface area contributed by atoms with E-state index in [2.05, 4.69) is 4.90 Å². The Labute approximate surface area is 185 Å². The lowest BCUT2D eigenvalue weighted by Crippen LogP contribution is -2.45. The first-order valence-electron chi connectivity index (χ1n) is 11.0. The van der Waals surface area contributed by atoms with Crippen LogP contribution in [0.3, 0.4) is 0 Å². The molecule has 166 valence electrons.